The van der Waals surface area contributed by atoms with Gasteiger partial charge in [0.2, 0.25) is 0 Å². The lowest BCUT2D eigenvalue weighted by Crippen LogP contribution is -2.03. The van der Waals surface area contributed by atoms with Crippen molar-refractivity contribution in [1.82, 2.24) is 19.9 Å². The molecule has 0 fully saturated rings. The summed E-state index contributed by atoms with van der Waals surface area (Å²) in [5, 5.41) is 20.7. The van der Waals surface area contributed by atoms with E-state index < -0.39 is 68.8 Å². The van der Waals surface area contributed by atoms with Gasteiger partial charge >= 0.3 is 0 Å². The Morgan fingerprint density at radius 3 is 1.19 bits per heavy atom. The molecule has 0 aliphatic heterocycles. The normalized spacial score (nSPS) is 11.7. The van der Waals surface area contributed by atoms with Crippen molar-refractivity contribution in [1.29, 1.82) is 10.5 Å². The van der Waals surface area contributed by atoms with Crippen LogP contribution in [-0.4, -0.2) is 19.9 Å². The Balaban J connectivity index is 1.06. The molecule has 8 nitrogen and oxygen atoms in total. The third kappa shape index (κ3) is 4.84. The molecule has 0 bridgehead atoms. The summed E-state index contributed by atoms with van der Waals surface area (Å²) in [4.78, 5) is 16.5. The largest absolute Gasteiger partial charge is 0.434 e. The number of fused-ring (bicyclic) bond motifs is 4. The first-order valence-corrected chi connectivity index (χ1v) is 16.6. The Hall–Kier alpha value is -6.76. The molecule has 0 saturated carbocycles. The summed E-state index contributed by atoms with van der Waals surface area (Å²) in [5.41, 5.74) is -3.39. The van der Waals surface area contributed by atoms with E-state index in [1.165, 1.54) is 0 Å². The van der Waals surface area contributed by atoms with Gasteiger partial charge in [-0.3, -0.25) is 0 Å². The molecule has 262 valence electrons. The summed E-state index contributed by atoms with van der Waals surface area (Å²) in [6.07, 6.45) is 2.01. The molecule has 0 amide bonds. The highest BCUT2D eigenvalue weighted by Gasteiger charge is 2.30. The number of nitrogens with zero attached hydrogens (tertiary/aromatic N) is 6. The van der Waals surface area contributed by atoms with Crippen LogP contribution in [0.2, 0.25) is 0 Å². The number of rotatable bonds is 4. The molecule has 0 atom stereocenters. The number of oxazole rings is 2. The number of benzene rings is 5. The predicted molar refractivity (Wildman–Crippen MR) is 179 cm³/mol. The maximum atomic E-state index is 14.7. The van der Waals surface area contributed by atoms with Gasteiger partial charge in [0.1, 0.15) is 34.3 Å². The van der Waals surface area contributed by atoms with Gasteiger partial charge < -0.3 is 8.83 Å². The van der Waals surface area contributed by atoms with Crippen molar-refractivity contribution in [3.05, 3.63) is 106 Å². The fourth-order valence-corrected chi connectivity index (χ4v) is 7.65. The average molecular weight is 773 g/mol. The molecular weight excluding hydrogens is 765 g/mol. The Bertz CT molecular complexity index is 2850. The quantitative estimate of drug-likeness (QED) is 0.0983. The smallest absolute Gasteiger partial charge is 0.256 e. The fourth-order valence-electron chi connectivity index (χ4n) is 5.90. The van der Waals surface area contributed by atoms with Gasteiger partial charge in [0.25, 0.3) is 11.8 Å². The predicted octanol–water partition coefficient (Wildman–Crippen LogP) is 10.7. The Labute approximate surface area is 301 Å². The molecule has 54 heavy (non-hydrogen) atoms. The molecule has 0 aliphatic carbocycles. The SMILES string of the molecule is N#Cc1c(F)c(F)c(-c2cnc(-c3nc4cc5cc6cc7oc(-c8ncc(-c9c(F)c(F)c(C#N)c(F)c9F)s8)nc7cc6cc5cc4o3)s2)c(F)c1F. The molecule has 18 heteroatoms. The van der Waals surface area contributed by atoms with E-state index >= 15 is 0 Å². The molecule has 4 aromatic heterocycles. The minimum absolute atomic E-state index is 0.0315. The monoisotopic (exact) mass is 772 g/mol. The van der Waals surface area contributed by atoms with E-state index in [2.05, 4.69) is 19.9 Å². The van der Waals surface area contributed by atoms with Crippen molar-refractivity contribution >= 4 is 66.4 Å². The number of nitriles is 2. The van der Waals surface area contributed by atoms with Crippen molar-refractivity contribution in [3.63, 3.8) is 0 Å². The maximum absolute atomic E-state index is 14.7. The first kappa shape index (κ1) is 33.1. The Morgan fingerprint density at radius 2 is 0.833 bits per heavy atom. The van der Waals surface area contributed by atoms with Crippen LogP contribution in [0.25, 0.3) is 86.4 Å². The highest BCUT2D eigenvalue weighted by molar-refractivity contribution is 7.18. The average Bonchev–Trinajstić information content (AvgIpc) is 3.98. The van der Waals surface area contributed by atoms with Crippen LogP contribution in [0.3, 0.4) is 0 Å². The van der Waals surface area contributed by atoms with Crippen molar-refractivity contribution in [3.8, 4) is 54.8 Å². The highest BCUT2D eigenvalue weighted by Crippen LogP contribution is 2.41. The second-order valence-electron chi connectivity index (χ2n) is 11.5. The van der Waals surface area contributed by atoms with Crippen LogP contribution in [0.4, 0.5) is 35.1 Å². The van der Waals surface area contributed by atoms with Gasteiger partial charge in [-0.1, -0.05) is 0 Å². The first-order chi connectivity index (χ1) is 25.9. The molecule has 0 spiro atoms. The number of hydrogen-bond donors (Lipinski definition) is 0. The Morgan fingerprint density at radius 1 is 0.481 bits per heavy atom. The van der Waals surface area contributed by atoms with E-state index in [0.717, 1.165) is 35.3 Å². The van der Waals surface area contributed by atoms with Crippen LogP contribution in [0.15, 0.2) is 57.6 Å². The molecule has 0 saturated heterocycles. The van der Waals surface area contributed by atoms with Gasteiger partial charge in [0, 0.05) is 12.4 Å². The van der Waals surface area contributed by atoms with E-state index in [4.69, 9.17) is 19.4 Å². The summed E-state index contributed by atoms with van der Waals surface area (Å²) < 4.78 is 127. The third-order valence-electron chi connectivity index (χ3n) is 8.43. The van der Waals surface area contributed by atoms with Gasteiger partial charge in [-0.15, -0.1) is 22.7 Å². The number of aromatic nitrogens is 4. The zero-order valence-electron chi connectivity index (χ0n) is 26.0. The Kier molecular flexibility index (Phi) is 7.28. The molecule has 9 rings (SSSR count). The molecule has 9 aromatic rings. The lowest BCUT2D eigenvalue weighted by Gasteiger charge is -2.06. The summed E-state index contributed by atoms with van der Waals surface area (Å²) in [6.45, 7) is 0. The van der Waals surface area contributed by atoms with E-state index in [9.17, 15) is 35.1 Å². The van der Waals surface area contributed by atoms with Gasteiger partial charge in [0.15, 0.2) is 67.7 Å². The first-order valence-electron chi connectivity index (χ1n) is 15.0. The topological polar surface area (TPSA) is 125 Å². The van der Waals surface area contributed by atoms with E-state index in [1.54, 1.807) is 24.3 Å². The highest BCUT2D eigenvalue weighted by atomic mass is 32.1. The van der Waals surface area contributed by atoms with Crippen LogP contribution in [-0.2, 0) is 0 Å². The minimum atomic E-state index is -1.83. The van der Waals surface area contributed by atoms with E-state index in [0.29, 0.717) is 55.6 Å². The number of halogens is 8. The van der Waals surface area contributed by atoms with Crippen molar-refractivity contribution in [2.75, 3.05) is 0 Å². The summed E-state index contributed by atoms with van der Waals surface area (Å²) in [6, 6.07) is 12.7. The molecule has 5 aromatic carbocycles. The zero-order valence-corrected chi connectivity index (χ0v) is 27.6. The van der Waals surface area contributed by atoms with Crippen LogP contribution < -0.4 is 0 Å². The molecule has 0 aliphatic rings. The van der Waals surface area contributed by atoms with Crippen LogP contribution in [0.5, 0.6) is 0 Å². The van der Waals surface area contributed by atoms with E-state index in [-0.39, 0.29) is 31.6 Å². The van der Waals surface area contributed by atoms with Gasteiger partial charge in [0.05, 0.1) is 20.9 Å². The summed E-state index contributed by atoms with van der Waals surface area (Å²) in [5.74, 6) is -14.3. The van der Waals surface area contributed by atoms with Crippen molar-refractivity contribution < 1.29 is 44.0 Å². The molecule has 0 unspecified atom stereocenters. The molecular formula is C36H8F8N6O2S2. The molecule has 4 heterocycles. The standard InChI is InChI=1S/C36H8F8N6O2S2/c37-25-15(7-45)26(38)30(42)23(29(25)41)21-9-47-35(53-21)33-49-17-3-11-1-13-5-19-18(4-12(13)2-14(11)6-20(17)52-33)50-34(51-19)36-48-10-22(54-36)24-31(43)27(39)16(8-46)28(40)32(24)44/h1-6,9-10H. The molecule has 0 N–H and O–H groups in total. The third-order valence-corrected chi connectivity index (χ3v) is 10.4. The van der Waals surface area contributed by atoms with Gasteiger partial charge in [-0.25, -0.2) is 55.1 Å². The van der Waals surface area contributed by atoms with Gasteiger partial charge in [-0.2, -0.15) is 10.5 Å². The minimum Gasteiger partial charge on any atom is -0.434 e. The number of hydrogen-bond acceptors (Lipinski definition) is 10. The molecule has 0 radical (unpaired) electrons. The van der Waals surface area contributed by atoms with E-state index in [1.807, 2.05) is 12.1 Å². The summed E-state index contributed by atoms with van der Waals surface area (Å²) >= 11 is 1.33. The van der Waals surface area contributed by atoms with Gasteiger partial charge in [-0.05, 0) is 57.9 Å². The lowest BCUT2D eigenvalue weighted by atomic mass is 10.0. The van der Waals surface area contributed by atoms with Crippen molar-refractivity contribution in [2.45, 2.75) is 0 Å². The fraction of sp³-hybridized carbons (Fsp3) is 0. The summed E-state index contributed by atoms with van der Waals surface area (Å²) in [7, 11) is 0. The zero-order chi connectivity index (χ0) is 37.7. The van der Waals surface area contributed by atoms with Crippen molar-refractivity contribution in [2.24, 2.45) is 0 Å². The number of thiazole rings is 2. The second-order valence-corrected chi connectivity index (χ2v) is 13.6. The van der Waals surface area contributed by atoms with Crippen LogP contribution >= 0.6 is 22.7 Å². The maximum Gasteiger partial charge on any atom is 0.256 e. The lowest BCUT2D eigenvalue weighted by molar-refractivity contribution is 0.455. The van der Waals surface area contributed by atoms with Crippen LogP contribution in [0.1, 0.15) is 11.1 Å². The second kappa shape index (κ2) is 11.9. The van der Waals surface area contributed by atoms with Crippen LogP contribution in [0, 0.1) is 69.2 Å².